The molecule has 0 fully saturated rings. The van der Waals surface area contributed by atoms with Crippen molar-refractivity contribution in [2.75, 3.05) is 13.7 Å². The van der Waals surface area contributed by atoms with Gasteiger partial charge in [0.1, 0.15) is 6.61 Å². The number of rotatable bonds is 6. The molecule has 0 aromatic heterocycles. The number of halogens is 3. The molecule has 8 heteroatoms. The van der Waals surface area contributed by atoms with E-state index in [0.29, 0.717) is 0 Å². The maximum atomic E-state index is 14.0. The lowest BCUT2D eigenvalue weighted by atomic mass is 9.92. The lowest BCUT2D eigenvalue weighted by Gasteiger charge is -2.19. The molecule has 0 atom stereocenters. The van der Waals surface area contributed by atoms with E-state index in [1.807, 2.05) is 48.5 Å². The van der Waals surface area contributed by atoms with Crippen molar-refractivity contribution in [3.8, 4) is 22.3 Å². The van der Waals surface area contributed by atoms with Crippen LogP contribution in [0.3, 0.4) is 0 Å². The molecular formula is C31H24F3NO4. The third-order valence-electron chi connectivity index (χ3n) is 6.80. The van der Waals surface area contributed by atoms with Gasteiger partial charge in [0.25, 0.3) is 0 Å². The summed E-state index contributed by atoms with van der Waals surface area (Å²) >= 11 is 0. The molecule has 1 aliphatic carbocycles. The van der Waals surface area contributed by atoms with Gasteiger partial charge >= 0.3 is 18.2 Å². The summed E-state index contributed by atoms with van der Waals surface area (Å²) in [6.07, 6.45) is -5.40. The molecule has 1 aliphatic rings. The van der Waals surface area contributed by atoms with Crippen molar-refractivity contribution in [1.29, 1.82) is 0 Å². The fraction of sp³-hybridized carbons (Fsp3) is 0.161. The number of carbonyl (C=O) groups is 2. The predicted octanol–water partition coefficient (Wildman–Crippen LogP) is 7.20. The second-order valence-electron chi connectivity index (χ2n) is 9.09. The molecule has 0 saturated heterocycles. The van der Waals surface area contributed by atoms with Crippen LogP contribution in [0.5, 0.6) is 0 Å². The molecule has 39 heavy (non-hydrogen) atoms. The van der Waals surface area contributed by atoms with Gasteiger partial charge in [0.2, 0.25) is 0 Å². The van der Waals surface area contributed by atoms with Crippen LogP contribution in [0.2, 0.25) is 0 Å². The molecule has 0 unspecified atom stereocenters. The topological polar surface area (TPSA) is 64.6 Å². The summed E-state index contributed by atoms with van der Waals surface area (Å²) in [5.74, 6) is -0.812. The van der Waals surface area contributed by atoms with Crippen LogP contribution in [0.1, 0.15) is 38.5 Å². The van der Waals surface area contributed by atoms with Crippen LogP contribution in [-0.4, -0.2) is 25.8 Å². The summed E-state index contributed by atoms with van der Waals surface area (Å²) < 4.78 is 52.2. The highest BCUT2D eigenvalue weighted by Gasteiger charge is 2.35. The Morgan fingerprint density at radius 1 is 0.846 bits per heavy atom. The Morgan fingerprint density at radius 3 is 2.13 bits per heavy atom. The van der Waals surface area contributed by atoms with Crippen molar-refractivity contribution in [1.82, 2.24) is 5.32 Å². The first-order chi connectivity index (χ1) is 18.8. The Bertz CT molecular complexity index is 1500. The molecule has 5 rings (SSSR count). The van der Waals surface area contributed by atoms with Gasteiger partial charge in [0, 0.05) is 12.5 Å². The van der Waals surface area contributed by atoms with E-state index in [0.717, 1.165) is 28.3 Å². The standard InChI is InChI=1S/C31H24F3NO4/c1-38-29(36)20-9-6-8-19(16-20)28-21(10-7-15-27(28)31(32,33)34)17-35-30(37)39-18-26-24-13-4-2-11-22(24)23-12-3-5-14-25(23)26/h2-16,26H,17-18H2,1H3,(H,35,37). The Labute approximate surface area is 223 Å². The highest BCUT2D eigenvalue weighted by atomic mass is 19.4. The van der Waals surface area contributed by atoms with Gasteiger partial charge < -0.3 is 14.8 Å². The summed E-state index contributed by atoms with van der Waals surface area (Å²) in [5, 5.41) is 2.59. The summed E-state index contributed by atoms with van der Waals surface area (Å²) in [6.45, 7) is -0.130. The normalized spacial score (nSPS) is 12.4. The number of amides is 1. The first kappa shape index (κ1) is 26.0. The quantitative estimate of drug-likeness (QED) is 0.267. The van der Waals surface area contributed by atoms with Crippen molar-refractivity contribution in [2.24, 2.45) is 0 Å². The van der Waals surface area contributed by atoms with Crippen LogP contribution < -0.4 is 5.32 Å². The zero-order chi connectivity index (χ0) is 27.6. The molecule has 0 radical (unpaired) electrons. The minimum Gasteiger partial charge on any atom is -0.465 e. The molecule has 0 heterocycles. The number of alkyl carbamates (subject to hydrolysis) is 1. The van der Waals surface area contributed by atoms with Gasteiger partial charge in [0.15, 0.2) is 0 Å². The number of alkyl halides is 3. The zero-order valence-electron chi connectivity index (χ0n) is 20.9. The first-order valence-corrected chi connectivity index (χ1v) is 12.2. The molecule has 0 bridgehead atoms. The van der Waals surface area contributed by atoms with Crippen LogP contribution in [0.25, 0.3) is 22.3 Å². The van der Waals surface area contributed by atoms with Gasteiger partial charge in [0.05, 0.1) is 18.2 Å². The van der Waals surface area contributed by atoms with Crippen LogP contribution in [-0.2, 0) is 22.2 Å². The van der Waals surface area contributed by atoms with Crippen molar-refractivity contribution >= 4 is 12.1 Å². The number of ether oxygens (including phenoxy) is 2. The molecule has 4 aromatic carbocycles. The van der Waals surface area contributed by atoms with Gasteiger partial charge in [-0.05, 0) is 57.1 Å². The monoisotopic (exact) mass is 531 g/mol. The molecule has 0 spiro atoms. The lowest BCUT2D eigenvalue weighted by molar-refractivity contribution is -0.137. The zero-order valence-corrected chi connectivity index (χ0v) is 20.9. The third kappa shape index (κ3) is 5.23. The van der Waals surface area contributed by atoms with Gasteiger partial charge in [-0.25, -0.2) is 9.59 Å². The van der Waals surface area contributed by atoms with Crippen LogP contribution in [0, 0.1) is 0 Å². The van der Waals surface area contributed by atoms with E-state index >= 15 is 0 Å². The van der Waals surface area contributed by atoms with E-state index in [1.54, 1.807) is 0 Å². The number of fused-ring (bicyclic) bond motifs is 3. The Morgan fingerprint density at radius 2 is 1.49 bits per heavy atom. The maximum absolute atomic E-state index is 14.0. The number of carbonyl (C=O) groups excluding carboxylic acids is 2. The molecule has 0 saturated carbocycles. The fourth-order valence-electron chi connectivity index (χ4n) is 5.06. The van der Waals surface area contributed by atoms with Crippen molar-refractivity contribution < 1.29 is 32.2 Å². The Hall–Kier alpha value is -4.59. The highest BCUT2D eigenvalue weighted by molar-refractivity contribution is 5.91. The molecule has 5 nitrogen and oxygen atoms in total. The Balaban J connectivity index is 1.36. The molecular weight excluding hydrogens is 507 g/mol. The van der Waals surface area contributed by atoms with E-state index in [4.69, 9.17) is 9.47 Å². The number of hydrogen-bond donors (Lipinski definition) is 1. The maximum Gasteiger partial charge on any atom is 0.417 e. The highest BCUT2D eigenvalue weighted by Crippen LogP contribution is 2.44. The lowest BCUT2D eigenvalue weighted by Crippen LogP contribution is -2.26. The molecule has 198 valence electrons. The molecule has 0 aliphatic heterocycles. The number of benzene rings is 4. The second kappa shape index (κ2) is 10.6. The average Bonchev–Trinajstić information content (AvgIpc) is 3.27. The number of nitrogens with one attached hydrogen (secondary N) is 1. The van der Waals surface area contributed by atoms with Gasteiger partial charge in [-0.15, -0.1) is 0 Å². The van der Waals surface area contributed by atoms with Crippen molar-refractivity contribution in [3.05, 3.63) is 119 Å². The molecule has 4 aromatic rings. The van der Waals surface area contributed by atoms with E-state index in [1.165, 1.54) is 43.5 Å². The molecule has 1 amide bonds. The number of esters is 1. The number of methoxy groups -OCH3 is 1. The van der Waals surface area contributed by atoms with Gasteiger partial charge in [-0.3, -0.25) is 0 Å². The summed E-state index contributed by atoms with van der Waals surface area (Å²) in [7, 11) is 1.20. The smallest absolute Gasteiger partial charge is 0.417 e. The average molecular weight is 532 g/mol. The van der Waals surface area contributed by atoms with E-state index in [2.05, 4.69) is 5.32 Å². The van der Waals surface area contributed by atoms with Gasteiger partial charge in [-0.1, -0.05) is 72.8 Å². The second-order valence-corrected chi connectivity index (χ2v) is 9.09. The van der Waals surface area contributed by atoms with E-state index < -0.39 is 23.8 Å². The summed E-state index contributed by atoms with van der Waals surface area (Å²) in [6, 6.07) is 25.3. The van der Waals surface area contributed by atoms with E-state index in [-0.39, 0.29) is 41.3 Å². The van der Waals surface area contributed by atoms with E-state index in [9.17, 15) is 22.8 Å². The third-order valence-corrected chi connectivity index (χ3v) is 6.80. The number of hydrogen-bond acceptors (Lipinski definition) is 4. The predicted molar refractivity (Wildman–Crippen MR) is 140 cm³/mol. The summed E-state index contributed by atoms with van der Waals surface area (Å²) in [4.78, 5) is 24.7. The SMILES string of the molecule is COC(=O)c1cccc(-c2c(CNC(=O)OCC3c4ccccc4-c4ccccc43)cccc2C(F)(F)F)c1. The minimum absolute atomic E-state index is 0.0798. The van der Waals surface area contributed by atoms with Crippen LogP contribution >= 0.6 is 0 Å². The Kier molecular flexibility index (Phi) is 7.11. The van der Waals surface area contributed by atoms with Crippen LogP contribution in [0.15, 0.2) is 91.0 Å². The first-order valence-electron chi connectivity index (χ1n) is 12.2. The minimum atomic E-state index is -4.66. The van der Waals surface area contributed by atoms with Crippen LogP contribution in [0.4, 0.5) is 18.0 Å². The summed E-state index contributed by atoms with van der Waals surface area (Å²) in [5.41, 5.74) is 3.79. The van der Waals surface area contributed by atoms with Crippen molar-refractivity contribution in [2.45, 2.75) is 18.6 Å². The fourth-order valence-corrected chi connectivity index (χ4v) is 5.06. The van der Waals surface area contributed by atoms with Crippen molar-refractivity contribution in [3.63, 3.8) is 0 Å². The van der Waals surface area contributed by atoms with Gasteiger partial charge in [-0.2, -0.15) is 13.2 Å². The molecule has 1 N–H and O–H groups in total. The largest absolute Gasteiger partial charge is 0.465 e.